The highest BCUT2D eigenvalue weighted by atomic mass is 16.3. The van der Waals surface area contributed by atoms with Crippen molar-refractivity contribution in [2.45, 2.75) is 64.4 Å². The largest absolute Gasteiger partial charge is 0.392 e. The predicted octanol–water partition coefficient (Wildman–Crippen LogP) is 3.82. The molecule has 0 bridgehead atoms. The number of hydrogen-bond donors (Lipinski definition) is 1. The second-order valence-corrected chi connectivity index (χ2v) is 7.98. The Morgan fingerprint density at radius 3 is 2.55 bits per heavy atom. The molecule has 1 aromatic carbocycles. The van der Waals surface area contributed by atoms with E-state index in [4.69, 9.17) is 0 Å². The standard InChI is InChI=1S/C20H31NO/c1-15-7-8-16(2)18(11-15)20(3)12-17(13-20)19(22)14-21-9-5-4-6-10-21/h7-8,11,17,19,22H,4-6,9-10,12-14H2,1-3H3. The summed E-state index contributed by atoms with van der Waals surface area (Å²) in [6.45, 7) is 10.0. The molecule has 22 heavy (non-hydrogen) atoms. The molecule has 2 fully saturated rings. The Morgan fingerprint density at radius 1 is 1.18 bits per heavy atom. The van der Waals surface area contributed by atoms with Crippen LogP contribution in [0.4, 0.5) is 0 Å². The molecule has 3 rings (SSSR count). The molecule has 1 aromatic rings. The molecule has 0 aromatic heterocycles. The van der Waals surface area contributed by atoms with Crippen LogP contribution in [0.3, 0.4) is 0 Å². The Hall–Kier alpha value is -0.860. The first-order valence-electron chi connectivity index (χ1n) is 8.96. The van der Waals surface area contributed by atoms with E-state index in [0.717, 1.165) is 19.4 Å². The maximum absolute atomic E-state index is 10.6. The van der Waals surface area contributed by atoms with Crippen molar-refractivity contribution in [3.63, 3.8) is 0 Å². The van der Waals surface area contributed by atoms with Gasteiger partial charge in [0.15, 0.2) is 0 Å². The van der Waals surface area contributed by atoms with Crippen LogP contribution in [0.25, 0.3) is 0 Å². The summed E-state index contributed by atoms with van der Waals surface area (Å²) in [5, 5.41) is 10.6. The molecule has 122 valence electrons. The second kappa shape index (κ2) is 6.33. The van der Waals surface area contributed by atoms with E-state index in [9.17, 15) is 5.11 Å². The van der Waals surface area contributed by atoms with Crippen molar-refractivity contribution in [2.24, 2.45) is 5.92 Å². The van der Waals surface area contributed by atoms with Crippen molar-refractivity contribution in [3.8, 4) is 0 Å². The van der Waals surface area contributed by atoms with Crippen molar-refractivity contribution >= 4 is 0 Å². The molecule has 0 radical (unpaired) electrons. The average molecular weight is 301 g/mol. The van der Waals surface area contributed by atoms with Crippen molar-refractivity contribution in [1.29, 1.82) is 0 Å². The third-order valence-electron chi connectivity index (χ3n) is 5.91. The molecule has 1 aliphatic heterocycles. The van der Waals surface area contributed by atoms with Gasteiger partial charge in [0.1, 0.15) is 0 Å². The van der Waals surface area contributed by atoms with E-state index in [1.807, 2.05) is 0 Å². The molecule has 2 nitrogen and oxygen atoms in total. The SMILES string of the molecule is Cc1ccc(C)c(C2(C)CC(C(O)CN3CCCCC3)C2)c1. The monoisotopic (exact) mass is 301 g/mol. The summed E-state index contributed by atoms with van der Waals surface area (Å²) in [7, 11) is 0. The van der Waals surface area contributed by atoms with Crippen LogP contribution in [0.2, 0.25) is 0 Å². The molecule has 2 aliphatic rings. The first kappa shape index (κ1) is 16.0. The second-order valence-electron chi connectivity index (χ2n) is 7.98. The molecule has 1 atom stereocenters. The lowest BCUT2D eigenvalue weighted by Crippen LogP contribution is -2.48. The number of benzene rings is 1. The number of nitrogens with zero attached hydrogens (tertiary/aromatic N) is 1. The normalized spacial score (nSPS) is 30.8. The number of aliphatic hydroxyl groups is 1. The zero-order valence-corrected chi connectivity index (χ0v) is 14.4. The fourth-order valence-electron chi connectivity index (χ4n) is 4.53. The molecule has 2 heteroatoms. The van der Waals surface area contributed by atoms with Crippen molar-refractivity contribution < 1.29 is 5.11 Å². The number of β-amino-alcohol motifs (C(OH)–C–C–N with tert-alkyl or cyclic N) is 1. The predicted molar refractivity (Wildman–Crippen MR) is 92.3 cm³/mol. The summed E-state index contributed by atoms with van der Waals surface area (Å²) in [6.07, 6.45) is 6.09. The van der Waals surface area contributed by atoms with Crippen molar-refractivity contribution in [2.75, 3.05) is 19.6 Å². The summed E-state index contributed by atoms with van der Waals surface area (Å²) < 4.78 is 0. The first-order valence-corrected chi connectivity index (χ1v) is 8.96. The number of rotatable bonds is 4. The van der Waals surface area contributed by atoms with E-state index in [0.29, 0.717) is 5.92 Å². The van der Waals surface area contributed by atoms with Gasteiger partial charge in [-0.1, -0.05) is 37.1 Å². The van der Waals surface area contributed by atoms with E-state index >= 15 is 0 Å². The summed E-state index contributed by atoms with van der Waals surface area (Å²) in [5.74, 6) is 0.479. The molecule has 1 saturated heterocycles. The highest BCUT2D eigenvalue weighted by Gasteiger charge is 2.45. The third kappa shape index (κ3) is 3.23. The van der Waals surface area contributed by atoms with Gasteiger partial charge >= 0.3 is 0 Å². The van der Waals surface area contributed by atoms with Crippen LogP contribution in [0, 0.1) is 19.8 Å². The van der Waals surface area contributed by atoms with Gasteiger partial charge in [0.25, 0.3) is 0 Å². The van der Waals surface area contributed by atoms with Crippen LogP contribution in [-0.4, -0.2) is 35.7 Å². The molecule has 0 amide bonds. The number of hydrogen-bond acceptors (Lipinski definition) is 2. The van der Waals surface area contributed by atoms with Crippen LogP contribution in [-0.2, 0) is 5.41 Å². The summed E-state index contributed by atoms with van der Waals surface area (Å²) >= 11 is 0. The quantitative estimate of drug-likeness (QED) is 0.914. The number of aliphatic hydroxyl groups excluding tert-OH is 1. The minimum Gasteiger partial charge on any atom is -0.392 e. The third-order valence-corrected chi connectivity index (χ3v) is 5.91. The van der Waals surface area contributed by atoms with Crippen LogP contribution in [0.5, 0.6) is 0 Å². The minimum absolute atomic E-state index is 0.142. The lowest BCUT2D eigenvalue weighted by Gasteiger charge is -2.49. The van der Waals surface area contributed by atoms with Crippen molar-refractivity contribution in [3.05, 3.63) is 34.9 Å². The molecular formula is C20H31NO. The Labute approximate surface area is 135 Å². The van der Waals surface area contributed by atoms with Gasteiger partial charge in [-0.25, -0.2) is 0 Å². The van der Waals surface area contributed by atoms with Gasteiger partial charge in [-0.05, 0) is 75.1 Å². The number of likely N-dealkylation sites (tertiary alicyclic amines) is 1. The first-order chi connectivity index (χ1) is 10.5. The highest BCUT2D eigenvalue weighted by molar-refractivity contribution is 5.38. The molecule has 1 heterocycles. The fourth-order valence-corrected chi connectivity index (χ4v) is 4.53. The van der Waals surface area contributed by atoms with E-state index in [1.54, 1.807) is 0 Å². The lowest BCUT2D eigenvalue weighted by atomic mass is 9.57. The summed E-state index contributed by atoms with van der Waals surface area (Å²) in [5.41, 5.74) is 4.51. The zero-order chi connectivity index (χ0) is 15.7. The maximum Gasteiger partial charge on any atom is 0.0695 e. The highest BCUT2D eigenvalue weighted by Crippen LogP contribution is 2.50. The maximum atomic E-state index is 10.6. The molecule has 1 N–H and O–H groups in total. The van der Waals surface area contributed by atoms with Crippen LogP contribution in [0.15, 0.2) is 18.2 Å². The van der Waals surface area contributed by atoms with E-state index < -0.39 is 0 Å². The van der Waals surface area contributed by atoms with Gasteiger partial charge in [0, 0.05) is 6.54 Å². The van der Waals surface area contributed by atoms with Gasteiger partial charge in [-0.2, -0.15) is 0 Å². The zero-order valence-electron chi connectivity index (χ0n) is 14.4. The lowest BCUT2D eigenvalue weighted by molar-refractivity contribution is -0.00873. The van der Waals surface area contributed by atoms with Gasteiger partial charge in [0.05, 0.1) is 6.10 Å². The smallest absolute Gasteiger partial charge is 0.0695 e. The molecule has 1 unspecified atom stereocenters. The minimum atomic E-state index is -0.142. The van der Waals surface area contributed by atoms with Gasteiger partial charge in [-0.3, -0.25) is 0 Å². The van der Waals surface area contributed by atoms with E-state index in [1.165, 1.54) is 49.0 Å². The Balaban J connectivity index is 1.59. The van der Waals surface area contributed by atoms with Crippen LogP contribution in [0.1, 0.15) is 55.7 Å². The fraction of sp³-hybridized carbons (Fsp3) is 0.700. The number of aryl methyl sites for hydroxylation is 2. The van der Waals surface area contributed by atoms with Gasteiger partial charge < -0.3 is 10.0 Å². The average Bonchev–Trinajstić information content (AvgIpc) is 2.47. The number of piperidine rings is 1. The van der Waals surface area contributed by atoms with Crippen LogP contribution >= 0.6 is 0 Å². The Bertz CT molecular complexity index is 512. The molecule has 0 spiro atoms. The molecule has 1 aliphatic carbocycles. The molecular weight excluding hydrogens is 270 g/mol. The Kier molecular flexibility index (Phi) is 4.61. The topological polar surface area (TPSA) is 23.5 Å². The van der Waals surface area contributed by atoms with Crippen LogP contribution < -0.4 is 0 Å². The van der Waals surface area contributed by atoms with Gasteiger partial charge in [-0.15, -0.1) is 0 Å². The Morgan fingerprint density at radius 2 is 1.86 bits per heavy atom. The van der Waals surface area contributed by atoms with E-state index in [-0.39, 0.29) is 11.5 Å². The summed E-state index contributed by atoms with van der Waals surface area (Å²) in [4.78, 5) is 2.46. The summed E-state index contributed by atoms with van der Waals surface area (Å²) in [6, 6.07) is 6.79. The molecule has 1 saturated carbocycles. The van der Waals surface area contributed by atoms with Gasteiger partial charge in [0.2, 0.25) is 0 Å². The van der Waals surface area contributed by atoms with Crippen molar-refractivity contribution in [1.82, 2.24) is 4.90 Å². The van der Waals surface area contributed by atoms with E-state index in [2.05, 4.69) is 43.9 Å².